The monoisotopic (exact) mass is 415 g/mol. The Morgan fingerprint density at radius 3 is 3.00 bits per heavy atom. The quantitative estimate of drug-likeness (QED) is 0.707. The molecule has 1 aliphatic rings. The van der Waals surface area contributed by atoms with Gasteiger partial charge in [0.2, 0.25) is 5.91 Å². The summed E-state index contributed by atoms with van der Waals surface area (Å²) in [5.41, 5.74) is 2.66. The molecule has 1 aliphatic heterocycles. The normalized spacial score (nSPS) is 17.0. The highest BCUT2D eigenvalue weighted by atomic mass is 35.5. The summed E-state index contributed by atoms with van der Waals surface area (Å²) in [5.74, 6) is 0.308. The van der Waals surface area contributed by atoms with Gasteiger partial charge in [-0.2, -0.15) is 5.10 Å². The second kappa shape index (κ2) is 7.99. The van der Waals surface area contributed by atoms with Gasteiger partial charge in [-0.15, -0.1) is 0 Å². The van der Waals surface area contributed by atoms with Crippen LogP contribution >= 0.6 is 11.6 Å². The number of halogens is 2. The predicted molar refractivity (Wildman–Crippen MR) is 111 cm³/mol. The van der Waals surface area contributed by atoms with Gasteiger partial charge in [0.25, 0.3) is 0 Å². The molecule has 3 aromatic rings. The molecule has 8 heteroatoms. The maximum Gasteiger partial charge on any atom is 0.225 e. The van der Waals surface area contributed by atoms with Crippen LogP contribution in [0.25, 0.3) is 10.9 Å². The van der Waals surface area contributed by atoms with Crippen molar-refractivity contribution in [1.82, 2.24) is 20.1 Å². The van der Waals surface area contributed by atoms with E-state index in [1.807, 2.05) is 24.7 Å². The lowest BCUT2D eigenvalue weighted by Crippen LogP contribution is -2.43. The number of carbonyl (C=O) groups is 1. The van der Waals surface area contributed by atoms with Gasteiger partial charge in [-0.25, -0.2) is 9.37 Å². The van der Waals surface area contributed by atoms with Crippen LogP contribution in [0.1, 0.15) is 24.1 Å². The Kier molecular flexibility index (Phi) is 5.41. The first-order chi connectivity index (χ1) is 13.9. The van der Waals surface area contributed by atoms with E-state index in [0.717, 1.165) is 41.8 Å². The molecule has 0 saturated carbocycles. The molecule has 1 aromatic carbocycles. The first-order valence-electron chi connectivity index (χ1n) is 9.69. The van der Waals surface area contributed by atoms with Gasteiger partial charge in [0.05, 0.1) is 11.6 Å². The summed E-state index contributed by atoms with van der Waals surface area (Å²) in [6.07, 6.45) is 3.52. The fourth-order valence-electron chi connectivity index (χ4n) is 3.99. The summed E-state index contributed by atoms with van der Waals surface area (Å²) < 4.78 is 15.0. The van der Waals surface area contributed by atoms with Crippen LogP contribution in [0.2, 0.25) is 5.02 Å². The third-order valence-corrected chi connectivity index (χ3v) is 5.83. The van der Waals surface area contributed by atoms with Gasteiger partial charge in [-0.05, 0) is 43.5 Å². The first kappa shape index (κ1) is 19.6. The lowest BCUT2D eigenvalue weighted by Gasteiger charge is -2.33. The SMILES string of the molecule is Cc1nn(C)c2c(N3CCC[C@@H](C(=O)NCc4ccc(F)cc4Cl)C3)nccc12. The number of anilines is 1. The fraction of sp³-hybridized carbons (Fsp3) is 0.381. The smallest absolute Gasteiger partial charge is 0.225 e. The number of aryl methyl sites for hydroxylation is 2. The number of hydrogen-bond acceptors (Lipinski definition) is 4. The summed E-state index contributed by atoms with van der Waals surface area (Å²) in [4.78, 5) is 19.5. The summed E-state index contributed by atoms with van der Waals surface area (Å²) in [6, 6.07) is 6.17. The van der Waals surface area contributed by atoms with E-state index in [1.165, 1.54) is 12.1 Å². The topological polar surface area (TPSA) is 63.1 Å². The van der Waals surface area contributed by atoms with E-state index in [2.05, 4.69) is 20.3 Å². The minimum atomic E-state index is -0.389. The van der Waals surface area contributed by atoms with Crippen molar-refractivity contribution < 1.29 is 9.18 Å². The summed E-state index contributed by atoms with van der Waals surface area (Å²) in [5, 5.41) is 8.85. The van der Waals surface area contributed by atoms with Gasteiger partial charge >= 0.3 is 0 Å². The minimum absolute atomic E-state index is 0.0246. The van der Waals surface area contributed by atoms with Crippen LogP contribution in [-0.4, -0.2) is 33.8 Å². The molecule has 6 nitrogen and oxygen atoms in total. The maximum atomic E-state index is 13.2. The van der Waals surface area contributed by atoms with Gasteiger partial charge in [-0.1, -0.05) is 17.7 Å². The molecule has 1 atom stereocenters. The molecule has 3 heterocycles. The molecule has 2 aromatic heterocycles. The molecule has 1 amide bonds. The molecule has 1 N–H and O–H groups in total. The minimum Gasteiger partial charge on any atom is -0.354 e. The number of nitrogens with zero attached hydrogens (tertiary/aromatic N) is 4. The Hall–Kier alpha value is -2.67. The van der Waals surface area contributed by atoms with Crippen LogP contribution in [0.3, 0.4) is 0 Å². The van der Waals surface area contributed by atoms with Crippen LogP contribution in [0.4, 0.5) is 10.2 Å². The van der Waals surface area contributed by atoms with Crippen LogP contribution < -0.4 is 10.2 Å². The zero-order valence-electron chi connectivity index (χ0n) is 16.5. The summed E-state index contributed by atoms with van der Waals surface area (Å²) >= 11 is 6.06. The van der Waals surface area contributed by atoms with Crippen LogP contribution in [0.15, 0.2) is 30.5 Å². The van der Waals surface area contributed by atoms with Crippen LogP contribution in [-0.2, 0) is 18.4 Å². The number of fused-ring (bicyclic) bond motifs is 1. The summed E-state index contributed by atoms with van der Waals surface area (Å²) in [7, 11) is 1.92. The number of carbonyl (C=O) groups excluding carboxylic acids is 1. The number of benzene rings is 1. The number of nitrogens with one attached hydrogen (secondary N) is 1. The van der Waals surface area contributed by atoms with Gasteiger partial charge in [-0.3, -0.25) is 9.48 Å². The highest BCUT2D eigenvalue weighted by Crippen LogP contribution is 2.29. The van der Waals surface area contributed by atoms with Gasteiger partial charge in [0, 0.05) is 43.3 Å². The standard InChI is InChI=1S/C21H23ClFN5O/c1-13-17-7-8-24-20(19(17)27(2)26-13)28-9-3-4-15(12-28)21(29)25-11-14-5-6-16(23)10-18(14)22/h5-8,10,15H,3-4,9,11-12H2,1-2H3,(H,25,29)/t15-/m1/s1. The molecular weight excluding hydrogens is 393 g/mol. The second-order valence-electron chi connectivity index (χ2n) is 7.48. The third-order valence-electron chi connectivity index (χ3n) is 5.48. The van der Waals surface area contributed by atoms with Crippen molar-refractivity contribution in [2.24, 2.45) is 13.0 Å². The average Bonchev–Trinajstić information content (AvgIpc) is 3.01. The first-order valence-corrected chi connectivity index (χ1v) is 10.1. The van der Waals surface area contributed by atoms with E-state index in [1.54, 1.807) is 12.3 Å². The van der Waals surface area contributed by atoms with Crippen molar-refractivity contribution >= 4 is 34.2 Å². The number of aromatic nitrogens is 3. The molecule has 0 aliphatic carbocycles. The molecule has 0 bridgehead atoms. The summed E-state index contributed by atoms with van der Waals surface area (Å²) in [6.45, 7) is 3.71. The van der Waals surface area contributed by atoms with Crippen LogP contribution in [0.5, 0.6) is 0 Å². The Labute approximate surface area is 173 Å². The van der Waals surface area contributed by atoms with E-state index in [-0.39, 0.29) is 24.2 Å². The average molecular weight is 416 g/mol. The van der Waals surface area contributed by atoms with E-state index >= 15 is 0 Å². The lowest BCUT2D eigenvalue weighted by molar-refractivity contribution is -0.125. The van der Waals surface area contributed by atoms with E-state index in [0.29, 0.717) is 17.1 Å². The van der Waals surface area contributed by atoms with Gasteiger partial charge < -0.3 is 10.2 Å². The second-order valence-corrected chi connectivity index (χ2v) is 7.89. The van der Waals surface area contributed by atoms with Crippen molar-refractivity contribution in [3.05, 3.63) is 52.6 Å². The predicted octanol–water partition coefficient (Wildman–Crippen LogP) is 3.60. The van der Waals surface area contributed by atoms with Crippen molar-refractivity contribution in [3.63, 3.8) is 0 Å². The third kappa shape index (κ3) is 3.92. The van der Waals surface area contributed by atoms with Crippen molar-refractivity contribution in [2.45, 2.75) is 26.3 Å². The fourth-order valence-corrected chi connectivity index (χ4v) is 4.22. The Morgan fingerprint density at radius 1 is 1.38 bits per heavy atom. The molecule has 152 valence electrons. The number of amides is 1. The van der Waals surface area contributed by atoms with E-state index < -0.39 is 0 Å². The molecule has 4 rings (SSSR count). The maximum absolute atomic E-state index is 13.2. The number of hydrogen-bond donors (Lipinski definition) is 1. The molecule has 0 radical (unpaired) electrons. The highest BCUT2D eigenvalue weighted by Gasteiger charge is 2.28. The van der Waals surface area contributed by atoms with E-state index in [9.17, 15) is 9.18 Å². The number of rotatable bonds is 4. The lowest BCUT2D eigenvalue weighted by atomic mass is 9.97. The highest BCUT2D eigenvalue weighted by molar-refractivity contribution is 6.31. The number of pyridine rings is 1. The van der Waals surface area contributed by atoms with Crippen LogP contribution in [0, 0.1) is 18.7 Å². The largest absolute Gasteiger partial charge is 0.354 e. The molecule has 0 unspecified atom stereocenters. The Bertz CT molecular complexity index is 1070. The Morgan fingerprint density at radius 2 is 2.21 bits per heavy atom. The molecular formula is C21H23ClFN5O. The number of piperidine rings is 1. The van der Waals surface area contributed by atoms with Gasteiger partial charge in [0.15, 0.2) is 5.82 Å². The molecule has 1 fully saturated rings. The van der Waals surface area contributed by atoms with Crippen molar-refractivity contribution in [2.75, 3.05) is 18.0 Å². The zero-order chi connectivity index (χ0) is 20.5. The van der Waals surface area contributed by atoms with Crippen molar-refractivity contribution in [3.8, 4) is 0 Å². The van der Waals surface area contributed by atoms with Crippen molar-refractivity contribution in [1.29, 1.82) is 0 Å². The molecule has 29 heavy (non-hydrogen) atoms. The molecule has 1 saturated heterocycles. The molecule has 0 spiro atoms. The van der Waals surface area contributed by atoms with E-state index in [4.69, 9.17) is 11.6 Å². The van der Waals surface area contributed by atoms with Gasteiger partial charge in [0.1, 0.15) is 11.3 Å². The zero-order valence-corrected chi connectivity index (χ0v) is 17.2. The Balaban J connectivity index is 1.48.